The van der Waals surface area contributed by atoms with Crippen molar-refractivity contribution in [2.75, 3.05) is 46.3 Å². The molecule has 1 aliphatic carbocycles. The van der Waals surface area contributed by atoms with Gasteiger partial charge in [0.15, 0.2) is 0 Å². The molecule has 0 aromatic rings. The van der Waals surface area contributed by atoms with Crippen molar-refractivity contribution < 1.29 is 0 Å². The van der Waals surface area contributed by atoms with Crippen molar-refractivity contribution in [2.24, 2.45) is 0 Å². The molecule has 0 atom stereocenters. The lowest BCUT2D eigenvalue weighted by atomic mass is 10.4. The Labute approximate surface area is 94.8 Å². The molecule has 0 heterocycles. The monoisotopic (exact) mass is 213 g/mol. The molecule has 1 aliphatic rings. The van der Waals surface area contributed by atoms with Gasteiger partial charge in [-0.25, -0.2) is 0 Å². The highest BCUT2D eigenvalue weighted by Gasteiger charge is 2.19. The van der Waals surface area contributed by atoms with Crippen LogP contribution in [0.4, 0.5) is 0 Å². The molecule has 3 nitrogen and oxygen atoms in total. The van der Waals surface area contributed by atoms with E-state index in [4.69, 9.17) is 0 Å². The Hall–Kier alpha value is -0.120. The molecule has 0 aromatic carbocycles. The molecular weight excluding hydrogens is 186 g/mol. The minimum atomic E-state index is 0.848. The molecule has 0 spiro atoms. The maximum Gasteiger partial charge on any atom is 0.0109 e. The SMILES string of the molecule is CCN(CC)CCN(C)CCNC1CC1. The Morgan fingerprint density at radius 2 is 1.73 bits per heavy atom. The highest BCUT2D eigenvalue weighted by molar-refractivity contribution is 4.80. The van der Waals surface area contributed by atoms with Crippen molar-refractivity contribution in [3.63, 3.8) is 0 Å². The van der Waals surface area contributed by atoms with Crippen LogP contribution in [0.5, 0.6) is 0 Å². The smallest absolute Gasteiger partial charge is 0.0109 e. The summed E-state index contributed by atoms with van der Waals surface area (Å²) in [6.07, 6.45) is 2.78. The second kappa shape index (κ2) is 7.20. The third kappa shape index (κ3) is 6.13. The Morgan fingerprint density at radius 1 is 1.07 bits per heavy atom. The van der Waals surface area contributed by atoms with Crippen molar-refractivity contribution in [3.8, 4) is 0 Å². The highest BCUT2D eigenvalue weighted by Crippen LogP contribution is 2.17. The summed E-state index contributed by atoms with van der Waals surface area (Å²) in [5.74, 6) is 0. The van der Waals surface area contributed by atoms with Crippen molar-refractivity contribution in [1.82, 2.24) is 15.1 Å². The molecule has 1 fully saturated rings. The zero-order chi connectivity index (χ0) is 11.1. The van der Waals surface area contributed by atoms with E-state index in [1.807, 2.05) is 0 Å². The summed E-state index contributed by atoms with van der Waals surface area (Å²) in [7, 11) is 2.22. The molecule has 0 aromatic heterocycles. The number of likely N-dealkylation sites (N-methyl/N-ethyl adjacent to an activating group) is 2. The topological polar surface area (TPSA) is 18.5 Å². The van der Waals surface area contributed by atoms with Gasteiger partial charge in [0, 0.05) is 32.2 Å². The van der Waals surface area contributed by atoms with Crippen LogP contribution >= 0.6 is 0 Å². The number of nitrogens with zero attached hydrogens (tertiary/aromatic N) is 2. The van der Waals surface area contributed by atoms with E-state index in [1.54, 1.807) is 0 Å². The van der Waals surface area contributed by atoms with Gasteiger partial charge >= 0.3 is 0 Å². The Morgan fingerprint density at radius 3 is 2.27 bits per heavy atom. The molecule has 3 heteroatoms. The lowest BCUT2D eigenvalue weighted by Gasteiger charge is -2.23. The van der Waals surface area contributed by atoms with E-state index in [0.717, 1.165) is 12.6 Å². The van der Waals surface area contributed by atoms with Crippen molar-refractivity contribution in [2.45, 2.75) is 32.7 Å². The number of hydrogen-bond donors (Lipinski definition) is 1. The summed E-state index contributed by atoms with van der Waals surface area (Å²) < 4.78 is 0. The van der Waals surface area contributed by atoms with Gasteiger partial charge in [-0.2, -0.15) is 0 Å². The van der Waals surface area contributed by atoms with Crippen LogP contribution in [0.1, 0.15) is 26.7 Å². The molecule has 15 heavy (non-hydrogen) atoms. The third-order valence-corrected chi connectivity index (χ3v) is 3.20. The van der Waals surface area contributed by atoms with Gasteiger partial charge in [0.1, 0.15) is 0 Å². The first-order valence-corrected chi connectivity index (χ1v) is 6.40. The predicted octanol–water partition coefficient (Wildman–Crippen LogP) is 1.01. The van der Waals surface area contributed by atoms with Gasteiger partial charge in [-0.15, -0.1) is 0 Å². The van der Waals surface area contributed by atoms with Gasteiger partial charge in [-0.1, -0.05) is 13.8 Å². The van der Waals surface area contributed by atoms with Crippen LogP contribution in [0.3, 0.4) is 0 Å². The fourth-order valence-corrected chi connectivity index (χ4v) is 1.71. The van der Waals surface area contributed by atoms with Crippen LogP contribution in [0.15, 0.2) is 0 Å². The quantitative estimate of drug-likeness (QED) is 0.617. The summed E-state index contributed by atoms with van der Waals surface area (Å²) in [4.78, 5) is 4.90. The summed E-state index contributed by atoms with van der Waals surface area (Å²) >= 11 is 0. The standard InChI is InChI=1S/C12H27N3/c1-4-15(5-2)11-10-14(3)9-8-13-12-6-7-12/h12-13H,4-11H2,1-3H3. The number of rotatable bonds is 9. The molecule has 0 saturated heterocycles. The van der Waals surface area contributed by atoms with E-state index < -0.39 is 0 Å². The molecule has 1 rings (SSSR count). The molecule has 0 amide bonds. The molecule has 0 unspecified atom stereocenters. The Bertz CT molecular complexity index is 153. The molecule has 1 saturated carbocycles. The molecule has 0 bridgehead atoms. The molecular formula is C12H27N3. The van der Waals surface area contributed by atoms with Crippen LogP contribution in [0.2, 0.25) is 0 Å². The molecule has 1 N–H and O–H groups in total. The predicted molar refractivity (Wildman–Crippen MR) is 66.3 cm³/mol. The largest absolute Gasteiger partial charge is 0.313 e. The van der Waals surface area contributed by atoms with Gasteiger partial charge in [-0.05, 0) is 33.0 Å². The lowest BCUT2D eigenvalue weighted by molar-refractivity contribution is 0.240. The first-order chi connectivity index (χ1) is 7.26. The van der Waals surface area contributed by atoms with Crippen LogP contribution in [-0.4, -0.2) is 62.2 Å². The average molecular weight is 213 g/mol. The van der Waals surface area contributed by atoms with Crippen LogP contribution in [0.25, 0.3) is 0 Å². The first kappa shape index (κ1) is 12.9. The zero-order valence-electron chi connectivity index (χ0n) is 10.6. The van der Waals surface area contributed by atoms with E-state index in [-0.39, 0.29) is 0 Å². The van der Waals surface area contributed by atoms with Gasteiger partial charge in [-0.3, -0.25) is 0 Å². The summed E-state index contributed by atoms with van der Waals surface area (Å²) in [5, 5.41) is 3.55. The van der Waals surface area contributed by atoms with E-state index in [2.05, 4.69) is 36.0 Å². The van der Waals surface area contributed by atoms with Gasteiger partial charge in [0.2, 0.25) is 0 Å². The summed E-state index contributed by atoms with van der Waals surface area (Å²) in [5.41, 5.74) is 0. The second-order valence-corrected chi connectivity index (χ2v) is 4.56. The minimum Gasteiger partial charge on any atom is -0.313 e. The van der Waals surface area contributed by atoms with Gasteiger partial charge in [0.05, 0.1) is 0 Å². The summed E-state index contributed by atoms with van der Waals surface area (Å²) in [6.45, 7) is 11.5. The van der Waals surface area contributed by atoms with Crippen LogP contribution in [0, 0.1) is 0 Å². The highest BCUT2D eigenvalue weighted by atomic mass is 15.2. The maximum atomic E-state index is 3.55. The fraction of sp³-hybridized carbons (Fsp3) is 1.00. The van der Waals surface area contributed by atoms with E-state index in [9.17, 15) is 0 Å². The molecule has 90 valence electrons. The van der Waals surface area contributed by atoms with Crippen LogP contribution in [-0.2, 0) is 0 Å². The van der Waals surface area contributed by atoms with Gasteiger partial charge in [0.25, 0.3) is 0 Å². The van der Waals surface area contributed by atoms with E-state index in [1.165, 1.54) is 45.6 Å². The maximum absolute atomic E-state index is 3.55. The third-order valence-electron chi connectivity index (χ3n) is 3.20. The summed E-state index contributed by atoms with van der Waals surface area (Å²) in [6, 6.07) is 0.848. The lowest BCUT2D eigenvalue weighted by Crippen LogP contribution is -2.36. The zero-order valence-corrected chi connectivity index (χ0v) is 10.6. The van der Waals surface area contributed by atoms with Gasteiger partial charge < -0.3 is 15.1 Å². The Balaban J connectivity index is 1.93. The van der Waals surface area contributed by atoms with E-state index >= 15 is 0 Å². The van der Waals surface area contributed by atoms with Crippen LogP contribution < -0.4 is 5.32 Å². The van der Waals surface area contributed by atoms with Crippen molar-refractivity contribution in [3.05, 3.63) is 0 Å². The normalized spacial score (nSPS) is 16.6. The minimum absolute atomic E-state index is 0.848. The van der Waals surface area contributed by atoms with E-state index in [0.29, 0.717) is 0 Å². The average Bonchev–Trinajstić information content (AvgIpc) is 3.03. The van der Waals surface area contributed by atoms with Crippen molar-refractivity contribution in [1.29, 1.82) is 0 Å². The number of hydrogen-bond acceptors (Lipinski definition) is 3. The van der Waals surface area contributed by atoms with Crippen molar-refractivity contribution >= 4 is 0 Å². The molecule has 0 radical (unpaired) electrons. The number of nitrogens with one attached hydrogen (secondary N) is 1. The molecule has 0 aliphatic heterocycles. The fourth-order valence-electron chi connectivity index (χ4n) is 1.71. The Kier molecular flexibility index (Phi) is 6.22. The second-order valence-electron chi connectivity index (χ2n) is 4.56. The first-order valence-electron chi connectivity index (χ1n) is 6.40.